The Labute approximate surface area is 170 Å². The summed E-state index contributed by atoms with van der Waals surface area (Å²) >= 11 is 0. The van der Waals surface area contributed by atoms with Crippen LogP contribution in [0.1, 0.15) is 21.6 Å². The van der Waals surface area contributed by atoms with E-state index in [-0.39, 0.29) is 5.91 Å². The van der Waals surface area contributed by atoms with Crippen LogP contribution in [0.15, 0.2) is 60.9 Å². The summed E-state index contributed by atoms with van der Waals surface area (Å²) in [6, 6.07) is 17.2. The molecule has 0 atom stereocenters. The summed E-state index contributed by atoms with van der Waals surface area (Å²) in [6.07, 6.45) is 1.39. The van der Waals surface area contributed by atoms with Crippen molar-refractivity contribution in [3.63, 3.8) is 0 Å². The highest BCUT2D eigenvalue weighted by Gasteiger charge is 2.14. The predicted molar refractivity (Wildman–Crippen MR) is 111 cm³/mol. The van der Waals surface area contributed by atoms with E-state index in [9.17, 15) is 4.79 Å². The number of aromatic nitrogens is 2. The third kappa shape index (κ3) is 5.22. The van der Waals surface area contributed by atoms with Gasteiger partial charge in [-0.3, -0.25) is 4.79 Å². The largest absolute Gasteiger partial charge is 0.493 e. The summed E-state index contributed by atoms with van der Waals surface area (Å²) in [4.78, 5) is 22.7. The van der Waals surface area contributed by atoms with Crippen LogP contribution in [0.4, 0.5) is 5.82 Å². The quantitative estimate of drug-likeness (QED) is 0.633. The predicted octanol–water partition coefficient (Wildman–Crippen LogP) is 3.38. The van der Waals surface area contributed by atoms with Crippen LogP contribution in [0.3, 0.4) is 0 Å². The first kappa shape index (κ1) is 20.1. The van der Waals surface area contributed by atoms with E-state index in [0.29, 0.717) is 36.1 Å². The van der Waals surface area contributed by atoms with Gasteiger partial charge in [0.1, 0.15) is 17.8 Å². The lowest BCUT2D eigenvalue weighted by Gasteiger charge is -2.17. The standard InChI is InChI=1S/C22H24N4O3/c1-26(14-16-7-5-4-6-8-16)22(27)18-12-21(25-15-24-18)23-13-17-9-10-19(28-2)20(11-17)29-3/h4-12,15H,13-14H2,1-3H3,(H,23,24,25). The number of rotatable bonds is 8. The number of methoxy groups -OCH3 is 2. The van der Waals surface area contributed by atoms with Crippen molar-refractivity contribution in [1.29, 1.82) is 0 Å². The fourth-order valence-electron chi connectivity index (χ4n) is 2.88. The first-order valence-electron chi connectivity index (χ1n) is 9.17. The molecule has 0 radical (unpaired) electrons. The average Bonchev–Trinajstić information content (AvgIpc) is 2.77. The molecule has 29 heavy (non-hydrogen) atoms. The van der Waals surface area contributed by atoms with E-state index in [2.05, 4.69) is 15.3 Å². The van der Waals surface area contributed by atoms with Crippen molar-refractivity contribution < 1.29 is 14.3 Å². The molecule has 0 unspecified atom stereocenters. The maximum atomic E-state index is 12.7. The fraction of sp³-hybridized carbons (Fsp3) is 0.227. The Balaban J connectivity index is 1.65. The molecule has 1 aromatic heterocycles. The fourth-order valence-corrected chi connectivity index (χ4v) is 2.88. The van der Waals surface area contributed by atoms with Gasteiger partial charge < -0.3 is 19.7 Å². The van der Waals surface area contributed by atoms with E-state index < -0.39 is 0 Å². The minimum Gasteiger partial charge on any atom is -0.493 e. The monoisotopic (exact) mass is 392 g/mol. The number of nitrogens with zero attached hydrogens (tertiary/aromatic N) is 3. The third-order valence-corrected chi connectivity index (χ3v) is 4.42. The van der Waals surface area contributed by atoms with Crippen LogP contribution in [0.5, 0.6) is 11.5 Å². The van der Waals surface area contributed by atoms with Gasteiger partial charge in [-0.15, -0.1) is 0 Å². The maximum Gasteiger partial charge on any atom is 0.272 e. The Morgan fingerprint density at radius 3 is 2.45 bits per heavy atom. The highest BCUT2D eigenvalue weighted by molar-refractivity contribution is 5.92. The van der Waals surface area contributed by atoms with Crippen molar-refractivity contribution in [3.05, 3.63) is 77.7 Å². The SMILES string of the molecule is COc1ccc(CNc2cc(C(=O)N(C)Cc3ccccc3)ncn2)cc1OC. The van der Waals surface area contributed by atoms with Crippen LogP contribution >= 0.6 is 0 Å². The molecule has 1 heterocycles. The summed E-state index contributed by atoms with van der Waals surface area (Å²) in [6.45, 7) is 1.03. The normalized spacial score (nSPS) is 10.3. The molecular formula is C22H24N4O3. The van der Waals surface area contributed by atoms with Gasteiger partial charge in [0.05, 0.1) is 14.2 Å². The first-order chi connectivity index (χ1) is 14.1. The topological polar surface area (TPSA) is 76.6 Å². The maximum absolute atomic E-state index is 12.7. The lowest BCUT2D eigenvalue weighted by Crippen LogP contribution is -2.27. The highest BCUT2D eigenvalue weighted by Crippen LogP contribution is 2.27. The van der Waals surface area contributed by atoms with Crippen molar-refractivity contribution >= 4 is 11.7 Å². The van der Waals surface area contributed by atoms with Crippen molar-refractivity contribution in [2.75, 3.05) is 26.6 Å². The lowest BCUT2D eigenvalue weighted by atomic mass is 10.2. The average molecular weight is 392 g/mol. The van der Waals surface area contributed by atoms with E-state index in [4.69, 9.17) is 9.47 Å². The summed E-state index contributed by atoms with van der Waals surface area (Å²) in [7, 11) is 4.96. The molecule has 3 aromatic rings. The molecule has 0 saturated carbocycles. The second kappa shape index (κ2) is 9.54. The Bertz CT molecular complexity index is 963. The van der Waals surface area contributed by atoms with Crippen molar-refractivity contribution in [3.8, 4) is 11.5 Å². The van der Waals surface area contributed by atoms with Gasteiger partial charge in [-0.2, -0.15) is 0 Å². The van der Waals surface area contributed by atoms with Crippen molar-refractivity contribution in [2.45, 2.75) is 13.1 Å². The van der Waals surface area contributed by atoms with Gasteiger partial charge in [0.2, 0.25) is 0 Å². The van der Waals surface area contributed by atoms with Crippen molar-refractivity contribution in [1.82, 2.24) is 14.9 Å². The molecule has 0 spiro atoms. The van der Waals surface area contributed by atoms with Gasteiger partial charge in [-0.05, 0) is 23.3 Å². The number of nitrogens with one attached hydrogen (secondary N) is 1. The van der Waals surface area contributed by atoms with E-state index in [0.717, 1.165) is 11.1 Å². The number of carbonyl (C=O) groups is 1. The van der Waals surface area contributed by atoms with Crippen LogP contribution in [-0.2, 0) is 13.1 Å². The van der Waals surface area contributed by atoms with Crippen LogP contribution in [0, 0.1) is 0 Å². The molecule has 3 rings (SSSR count). The molecule has 7 nitrogen and oxygen atoms in total. The molecule has 2 aromatic carbocycles. The Morgan fingerprint density at radius 1 is 0.966 bits per heavy atom. The molecule has 1 N–H and O–H groups in total. The van der Waals surface area contributed by atoms with Gasteiger partial charge in [0, 0.05) is 26.2 Å². The molecule has 0 saturated heterocycles. The van der Waals surface area contributed by atoms with Gasteiger partial charge in [0.25, 0.3) is 5.91 Å². The van der Waals surface area contributed by atoms with E-state index in [1.807, 2.05) is 48.5 Å². The zero-order valence-electron chi connectivity index (χ0n) is 16.8. The van der Waals surface area contributed by atoms with Crippen LogP contribution in [0.25, 0.3) is 0 Å². The van der Waals surface area contributed by atoms with E-state index >= 15 is 0 Å². The second-order valence-corrected chi connectivity index (χ2v) is 6.48. The number of amides is 1. The summed E-state index contributed by atoms with van der Waals surface area (Å²) in [5, 5.41) is 3.22. The molecule has 0 aliphatic carbocycles. The molecule has 0 fully saturated rings. The smallest absolute Gasteiger partial charge is 0.272 e. The zero-order valence-corrected chi connectivity index (χ0v) is 16.8. The lowest BCUT2D eigenvalue weighted by molar-refractivity contribution is 0.0779. The second-order valence-electron chi connectivity index (χ2n) is 6.48. The summed E-state index contributed by atoms with van der Waals surface area (Å²) in [5.74, 6) is 1.75. The number of benzene rings is 2. The van der Waals surface area contributed by atoms with Crippen molar-refractivity contribution in [2.24, 2.45) is 0 Å². The van der Waals surface area contributed by atoms with Gasteiger partial charge in [0.15, 0.2) is 11.5 Å². The zero-order chi connectivity index (χ0) is 20.6. The number of hydrogen-bond acceptors (Lipinski definition) is 6. The minimum atomic E-state index is -0.162. The summed E-state index contributed by atoms with van der Waals surface area (Å²) in [5.41, 5.74) is 2.40. The van der Waals surface area contributed by atoms with E-state index in [1.54, 1.807) is 32.2 Å². The van der Waals surface area contributed by atoms with Crippen LogP contribution in [-0.4, -0.2) is 42.0 Å². The third-order valence-electron chi connectivity index (χ3n) is 4.42. The van der Waals surface area contributed by atoms with E-state index in [1.165, 1.54) is 6.33 Å². The molecule has 0 aliphatic heterocycles. The molecule has 0 bridgehead atoms. The number of carbonyl (C=O) groups excluding carboxylic acids is 1. The van der Waals surface area contributed by atoms with Crippen LogP contribution in [0.2, 0.25) is 0 Å². The molecule has 7 heteroatoms. The highest BCUT2D eigenvalue weighted by atomic mass is 16.5. The molecule has 1 amide bonds. The van der Waals surface area contributed by atoms with Gasteiger partial charge in [-0.1, -0.05) is 36.4 Å². The molecule has 150 valence electrons. The Kier molecular flexibility index (Phi) is 6.63. The molecule has 0 aliphatic rings. The number of ether oxygens (including phenoxy) is 2. The summed E-state index contributed by atoms with van der Waals surface area (Å²) < 4.78 is 10.6. The van der Waals surface area contributed by atoms with Gasteiger partial charge >= 0.3 is 0 Å². The Hall–Kier alpha value is -3.61. The minimum absolute atomic E-state index is 0.162. The van der Waals surface area contributed by atoms with Gasteiger partial charge in [-0.25, -0.2) is 9.97 Å². The number of anilines is 1. The first-order valence-corrected chi connectivity index (χ1v) is 9.17. The molecular weight excluding hydrogens is 368 g/mol. The van der Waals surface area contributed by atoms with Crippen LogP contribution < -0.4 is 14.8 Å². The number of hydrogen-bond donors (Lipinski definition) is 1. The Morgan fingerprint density at radius 2 is 1.72 bits per heavy atom.